The number of benzene rings is 1. The highest BCUT2D eigenvalue weighted by Crippen LogP contribution is 2.33. The number of urea groups is 1. The Hall–Kier alpha value is -4.00. The molecular formula is C27H35FN8O4. The van der Waals surface area contributed by atoms with Crippen molar-refractivity contribution in [2.45, 2.75) is 38.8 Å². The molecule has 2 aliphatic heterocycles. The predicted molar refractivity (Wildman–Crippen MR) is 148 cm³/mol. The minimum Gasteiger partial charge on any atom is -0.450 e. The molecule has 0 saturated carbocycles. The van der Waals surface area contributed by atoms with Crippen molar-refractivity contribution in [2.75, 3.05) is 62.9 Å². The van der Waals surface area contributed by atoms with E-state index < -0.39 is 12.7 Å². The number of nitrogens with zero attached hydrogens (tertiary/aromatic N) is 6. The number of rotatable bonds is 7. The zero-order valence-corrected chi connectivity index (χ0v) is 22.8. The minimum atomic E-state index is -0.628. The Morgan fingerprint density at radius 3 is 2.62 bits per heavy atom. The van der Waals surface area contributed by atoms with Gasteiger partial charge in [0.1, 0.15) is 12.5 Å². The number of ether oxygens (including phenoxy) is 2. The quantitative estimate of drug-likeness (QED) is 0.454. The van der Waals surface area contributed by atoms with E-state index in [0.29, 0.717) is 51.0 Å². The second kappa shape index (κ2) is 12.5. The number of likely N-dealkylation sites (tertiary alicyclic amines) is 1. The summed E-state index contributed by atoms with van der Waals surface area (Å²) >= 11 is 0. The van der Waals surface area contributed by atoms with E-state index in [1.54, 1.807) is 24.0 Å². The molecule has 40 heavy (non-hydrogen) atoms. The SMILES string of the molecule is CCOC(=O)N1CCC(n2ncc3c(N4CCOC[C@H]4C)nc(-c4ccc(NC(=O)NCCF)cc4)nc32)CC1. The summed E-state index contributed by atoms with van der Waals surface area (Å²) in [6.07, 6.45) is 3.03. The monoisotopic (exact) mass is 554 g/mol. The number of piperidine rings is 1. The van der Waals surface area contributed by atoms with E-state index in [2.05, 4.69) is 22.5 Å². The highest BCUT2D eigenvalue weighted by atomic mass is 19.1. The summed E-state index contributed by atoms with van der Waals surface area (Å²) in [5.74, 6) is 1.35. The molecule has 2 N–H and O–H groups in total. The number of hydrogen-bond acceptors (Lipinski definition) is 8. The summed E-state index contributed by atoms with van der Waals surface area (Å²) in [7, 11) is 0. The first kappa shape index (κ1) is 27.6. The molecule has 2 saturated heterocycles. The van der Waals surface area contributed by atoms with E-state index >= 15 is 0 Å². The second-order valence-electron chi connectivity index (χ2n) is 9.88. The van der Waals surface area contributed by atoms with Crippen LogP contribution in [0.1, 0.15) is 32.7 Å². The van der Waals surface area contributed by atoms with Gasteiger partial charge >= 0.3 is 12.1 Å². The molecule has 5 rings (SSSR count). The van der Waals surface area contributed by atoms with Crippen LogP contribution in [0.15, 0.2) is 30.5 Å². The van der Waals surface area contributed by atoms with Gasteiger partial charge in [-0.2, -0.15) is 5.10 Å². The molecule has 3 aromatic rings. The van der Waals surface area contributed by atoms with Crippen molar-refractivity contribution in [3.05, 3.63) is 30.5 Å². The van der Waals surface area contributed by atoms with Crippen LogP contribution in [0.2, 0.25) is 0 Å². The van der Waals surface area contributed by atoms with Crippen molar-refractivity contribution in [1.82, 2.24) is 30.0 Å². The van der Waals surface area contributed by atoms with Crippen molar-refractivity contribution in [2.24, 2.45) is 0 Å². The number of amides is 3. The molecule has 0 spiro atoms. The number of carbonyl (C=O) groups is 2. The van der Waals surface area contributed by atoms with Crippen molar-refractivity contribution in [3.8, 4) is 11.4 Å². The summed E-state index contributed by atoms with van der Waals surface area (Å²) in [5.41, 5.74) is 2.09. The standard InChI is InChI=1S/C27H35FN8O4/c1-3-40-27(38)34-12-8-21(9-13-34)36-25-22(16-30-36)24(35-14-15-39-17-18(35)2)32-23(33-25)19-4-6-20(7-5-19)31-26(37)29-11-10-28/h4-7,16,18,21H,3,8-15,17H2,1-2H3,(H2,29,31,37)/t18-/m1/s1. The molecule has 0 radical (unpaired) electrons. The summed E-state index contributed by atoms with van der Waals surface area (Å²) in [4.78, 5) is 38.0. The Kier molecular flexibility index (Phi) is 8.58. The Morgan fingerprint density at radius 2 is 1.93 bits per heavy atom. The third-order valence-electron chi connectivity index (χ3n) is 7.19. The molecule has 1 aromatic carbocycles. The van der Waals surface area contributed by atoms with Crippen LogP contribution < -0.4 is 15.5 Å². The first-order valence-electron chi connectivity index (χ1n) is 13.7. The van der Waals surface area contributed by atoms with Gasteiger partial charge in [-0.1, -0.05) is 0 Å². The lowest BCUT2D eigenvalue weighted by Crippen LogP contribution is -2.44. The molecule has 2 aliphatic rings. The van der Waals surface area contributed by atoms with E-state index in [4.69, 9.17) is 24.5 Å². The zero-order valence-electron chi connectivity index (χ0n) is 22.8. The minimum absolute atomic E-state index is 0.0456. The maximum Gasteiger partial charge on any atom is 0.409 e. The van der Waals surface area contributed by atoms with Crippen LogP contribution >= 0.6 is 0 Å². The number of fused-ring (bicyclic) bond motifs is 1. The van der Waals surface area contributed by atoms with E-state index in [1.807, 2.05) is 23.0 Å². The fraction of sp³-hybridized carbons (Fsp3) is 0.519. The van der Waals surface area contributed by atoms with Crippen molar-refractivity contribution in [1.29, 1.82) is 0 Å². The average Bonchev–Trinajstić information content (AvgIpc) is 3.41. The molecule has 12 nitrogen and oxygen atoms in total. The zero-order chi connectivity index (χ0) is 28.1. The Morgan fingerprint density at radius 1 is 1.15 bits per heavy atom. The first-order valence-corrected chi connectivity index (χ1v) is 13.7. The van der Waals surface area contributed by atoms with Gasteiger partial charge in [0.15, 0.2) is 11.5 Å². The van der Waals surface area contributed by atoms with Gasteiger partial charge in [0.2, 0.25) is 0 Å². The van der Waals surface area contributed by atoms with E-state index in [1.165, 1.54) is 0 Å². The van der Waals surface area contributed by atoms with Crippen LogP contribution in [0.5, 0.6) is 0 Å². The number of carbonyl (C=O) groups excluding carboxylic acids is 2. The van der Waals surface area contributed by atoms with Gasteiger partial charge in [0.05, 0.1) is 43.5 Å². The molecule has 0 unspecified atom stereocenters. The topological polar surface area (TPSA) is 127 Å². The maximum absolute atomic E-state index is 12.3. The number of hydrogen-bond donors (Lipinski definition) is 2. The van der Waals surface area contributed by atoms with Crippen LogP contribution in [-0.2, 0) is 9.47 Å². The van der Waals surface area contributed by atoms with E-state index in [9.17, 15) is 14.0 Å². The molecule has 0 aliphatic carbocycles. The average molecular weight is 555 g/mol. The number of halogens is 1. The number of nitrogens with one attached hydrogen (secondary N) is 2. The lowest BCUT2D eigenvalue weighted by molar-refractivity contribution is 0.0919. The van der Waals surface area contributed by atoms with Crippen LogP contribution in [-0.4, -0.2) is 95.5 Å². The predicted octanol–water partition coefficient (Wildman–Crippen LogP) is 3.60. The fourth-order valence-electron chi connectivity index (χ4n) is 5.11. The van der Waals surface area contributed by atoms with Gasteiger partial charge < -0.3 is 29.9 Å². The van der Waals surface area contributed by atoms with Crippen LogP contribution in [0.4, 0.5) is 25.5 Å². The summed E-state index contributed by atoms with van der Waals surface area (Å²) in [5, 5.41) is 10.8. The molecule has 1 atom stereocenters. The number of alkyl halides is 1. The number of aromatic nitrogens is 4. The Balaban J connectivity index is 1.46. The largest absolute Gasteiger partial charge is 0.450 e. The van der Waals surface area contributed by atoms with Gasteiger partial charge in [-0.25, -0.2) is 28.6 Å². The van der Waals surface area contributed by atoms with Crippen LogP contribution in [0, 0.1) is 0 Å². The van der Waals surface area contributed by atoms with E-state index in [0.717, 1.165) is 35.3 Å². The highest BCUT2D eigenvalue weighted by molar-refractivity contribution is 5.90. The van der Waals surface area contributed by atoms with Crippen molar-refractivity contribution < 1.29 is 23.5 Å². The van der Waals surface area contributed by atoms with Crippen molar-refractivity contribution in [3.63, 3.8) is 0 Å². The molecule has 0 bridgehead atoms. The first-order chi connectivity index (χ1) is 19.5. The summed E-state index contributed by atoms with van der Waals surface area (Å²) in [6, 6.07) is 6.95. The lowest BCUT2D eigenvalue weighted by Gasteiger charge is -2.34. The van der Waals surface area contributed by atoms with Gasteiger partial charge in [-0.05, 0) is 51.0 Å². The molecule has 13 heteroatoms. The fourth-order valence-corrected chi connectivity index (χ4v) is 5.11. The Labute approximate surface area is 231 Å². The lowest BCUT2D eigenvalue weighted by atomic mass is 10.1. The molecule has 2 aromatic heterocycles. The molecule has 4 heterocycles. The van der Waals surface area contributed by atoms with Gasteiger partial charge in [-0.15, -0.1) is 0 Å². The molecule has 2 fully saturated rings. The Bertz CT molecular complexity index is 1330. The van der Waals surface area contributed by atoms with E-state index in [-0.39, 0.29) is 24.7 Å². The number of anilines is 2. The third-order valence-corrected chi connectivity index (χ3v) is 7.19. The normalized spacial score (nSPS) is 18.1. The molecule has 214 valence electrons. The molecular weight excluding hydrogens is 519 g/mol. The molecule has 3 amide bonds. The summed E-state index contributed by atoms with van der Waals surface area (Å²) in [6.45, 7) is 6.68. The smallest absolute Gasteiger partial charge is 0.409 e. The van der Waals surface area contributed by atoms with Gasteiger partial charge in [-0.3, -0.25) is 0 Å². The van der Waals surface area contributed by atoms with Crippen LogP contribution in [0.3, 0.4) is 0 Å². The summed E-state index contributed by atoms with van der Waals surface area (Å²) < 4.78 is 25.1. The highest BCUT2D eigenvalue weighted by Gasteiger charge is 2.29. The third kappa shape index (κ3) is 5.93. The van der Waals surface area contributed by atoms with Gasteiger partial charge in [0, 0.05) is 37.4 Å². The maximum atomic E-state index is 12.3. The second-order valence-corrected chi connectivity index (χ2v) is 9.88. The number of morpholine rings is 1. The van der Waals surface area contributed by atoms with Crippen LogP contribution in [0.25, 0.3) is 22.4 Å². The van der Waals surface area contributed by atoms with Crippen molar-refractivity contribution >= 4 is 34.7 Å². The van der Waals surface area contributed by atoms with Gasteiger partial charge in [0.25, 0.3) is 0 Å².